The molecule has 0 saturated carbocycles. The van der Waals surface area contributed by atoms with E-state index in [9.17, 15) is 9.18 Å². The predicted octanol–water partition coefficient (Wildman–Crippen LogP) is 1.72. The Morgan fingerprint density at radius 1 is 1.44 bits per heavy atom. The lowest BCUT2D eigenvalue weighted by Gasteiger charge is -2.30. The topological polar surface area (TPSA) is 68.0 Å². The molecule has 0 aliphatic carbocycles. The Labute approximate surface area is 107 Å². The zero-order chi connectivity index (χ0) is 13.6. The molecule has 0 unspecified atom stereocenters. The van der Waals surface area contributed by atoms with Crippen molar-refractivity contribution in [3.05, 3.63) is 29.8 Å². The van der Waals surface area contributed by atoms with Crippen LogP contribution in [-0.4, -0.2) is 24.0 Å². The van der Waals surface area contributed by atoms with Gasteiger partial charge in [-0.1, -0.05) is 13.8 Å². The lowest BCUT2D eigenvalue weighted by atomic mass is 9.82. The van der Waals surface area contributed by atoms with E-state index in [1.165, 1.54) is 12.1 Å². The van der Waals surface area contributed by atoms with E-state index in [4.69, 9.17) is 5.73 Å². The maximum Gasteiger partial charge on any atom is 0.269 e. The van der Waals surface area contributed by atoms with Crippen LogP contribution >= 0.6 is 0 Å². The molecule has 0 radical (unpaired) electrons. The summed E-state index contributed by atoms with van der Waals surface area (Å²) in [5.41, 5.74) is 5.90. The largest absolute Gasteiger partial charge is 0.350 e. The molecule has 0 bridgehead atoms. The molecule has 1 aromatic rings. The van der Waals surface area contributed by atoms with Crippen LogP contribution in [0.3, 0.4) is 0 Å². The van der Waals surface area contributed by atoms with Gasteiger partial charge in [-0.3, -0.25) is 4.79 Å². The van der Waals surface area contributed by atoms with Crippen LogP contribution in [0.2, 0.25) is 0 Å². The molecular formula is C13H20FN3O. The molecule has 3 N–H and O–H groups in total. The first kappa shape index (κ1) is 14.6. The van der Waals surface area contributed by atoms with Crippen molar-refractivity contribution in [2.24, 2.45) is 11.1 Å². The number of carbonyl (C=O) groups excluding carboxylic acids is 1. The minimum atomic E-state index is -0.454. The predicted molar refractivity (Wildman–Crippen MR) is 68.6 cm³/mol. The summed E-state index contributed by atoms with van der Waals surface area (Å²) in [6.07, 6.45) is 2.83. The molecule has 0 atom stereocenters. The summed E-state index contributed by atoms with van der Waals surface area (Å²) >= 11 is 0. The lowest BCUT2D eigenvalue weighted by Crippen LogP contribution is -2.42. The molecule has 0 spiro atoms. The first-order valence-corrected chi connectivity index (χ1v) is 6.16. The number of amides is 1. The van der Waals surface area contributed by atoms with Gasteiger partial charge in [0.1, 0.15) is 11.5 Å². The highest BCUT2D eigenvalue weighted by Gasteiger charge is 2.25. The Hall–Kier alpha value is -1.49. The number of carbonyl (C=O) groups is 1. The standard InChI is InChI=1S/C13H20FN3O/c1-3-13(4-2,8-15)9-17-12(18)11-6-5-10(14)7-16-11/h5-7H,3-4,8-9,15H2,1-2H3,(H,17,18). The number of pyridine rings is 1. The van der Waals surface area contributed by atoms with E-state index in [0.717, 1.165) is 19.0 Å². The van der Waals surface area contributed by atoms with Gasteiger partial charge in [-0.25, -0.2) is 9.37 Å². The number of hydrogen-bond acceptors (Lipinski definition) is 3. The third kappa shape index (κ3) is 3.50. The van der Waals surface area contributed by atoms with E-state index < -0.39 is 5.82 Å². The fraction of sp³-hybridized carbons (Fsp3) is 0.538. The number of rotatable bonds is 6. The van der Waals surface area contributed by atoms with Crippen molar-refractivity contribution in [2.75, 3.05) is 13.1 Å². The van der Waals surface area contributed by atoms with Crippen molar-refractivity contribution < 1.29 is 9.18 Å². The molecule has 1 aromatic heterocycles. The molecular weight excluding hydrogens is 233 g/mol. The van der Waals surface area contributed by atoms with Crippen LogP contribution in [0.1, 0.15) is 37.2 Å². The molecule has 0 aliphatic heterocycles. The second kappa shape index (κ2) is 6.44. The van der Waals surface area contributed by atoms with Crippen molar-refractivity contribution in [1.82, 2.24) is 10.3 Å². The summed E-state index contributed by atoms with van der Waals surface area (Å²) < 4.78 is 12.7. The van der Waals surface area contributed by atoms with Crippen molar-refractivity contribution in [1.29, 1.82) is 0 Å². The highest BCUT2D eigenvalue weighted by atomic mass is 19.1. The second-order valence-electron chi connectivity index (χ2n) is 4.46. The van der Waals surface area contributed by atoms with Gasteiger partial charge in [-0.2, -0.15) is 0 Å². The first-order chi connectivity index (χ1) is 8.56. The first-order valence-electron chi connectivity index (χ1n) is 6.16. The summed E-state index contributed by atoms with van der Waals surface area (Å²) in [5.74, 6) is -0.750. The molecule has 1 rings (SSSR count). The van der Waals surface area contributed by atoms with Gasteiger partial charge in [0.2, 0.25) is 0 Å². The monoisotopic (exact) mass is 253 g/mol. The zero-order valence-corrected chi connectivity index (χ0v) is 10.9. The summed E-state index contributed by atoms with van der Waals surface area (Å²) in [6, 6.07) is 2.59. The van der Waals surface area contributed by atoms with Gasteiger partial charge in [0.05, 0.1) is 6.20 Å². The quantitative estimate of drug-likeness (QED) is 0.811. The Balaban J connectivity index is 2.63. The van der Waals surface area contributed by atoms with E-state index in [-0.39, 0.29) is 17.0 Å². The highest BCUT2D eigenvalue weighted by molar-refractivity contribution is 5.92. The summed E-state index contributed by atoms with van der Waals surface area (Å²) in [7, 11) is 0. The second-order valence-corrected chi connectivity index (χ2v) is 4.46. The fourth-order valence-corrected chi connectivity index (χ4v) is 1.73. The molecule has 0 saturated heterocycles. The van der Waals surface area contributed by atoms with Crippen molar-refractivity contribution >= 4 is 5.91 Å². The number of nitrogens with zero attached hydrogens (tertiary/aromatic N) is 1. The van der Waals surface area contributed by atoms with Gasteiger partial charge in [0.15, 0.2) is 0 Å². The van der Waals surface area contributed by atoms with Crippen LogP contribution in [0.15, 0.2) is 18.3 Å². The molecule has 5 heteroatoms. The van der Waals surface area contributed by atoms with Gasteiger partial charge in [0, 0.05) is 6.54 Å². The molecule has 1 amide bonds. The van der Waals surface area contributed by atoms with Crippen LogP contribution in [0, 0.1) is 11.2 Å². The molecule has 0 aliphatic rings. The van der Waals surface area contributed by atoms with E-state index in [0.29, 0.717) is 13.1 Å². The number of aromatic nitrogens is 1. The van der Waals surface area contributed by atoms with Crippen LogP contribution in [0.5, 0.6) is 0 Å². The minimum Gasteiger partial charge on any atom is -0.350 e. The third-order valence-corrected chi connectivity index (χ3v) is 3.52. The average Bonchev–Trinajstić information content (AvgIpc) is 2.41. The van der Waals surface area contributed by atoms with Gasteiger partial charge in [-0.15, -0.1) is 0 Å². The number of nitrogens with one attached hydrogen (secondary N) is 1. The third-order valence-electron chi connectivity index (χ3n) is 3.52. The molecule has 0 aromatic carbocycles. The Kier molecular flexibility index (Phi) is 5.22. The molecule has 4 nitrogen and oxygen atoms in total. The normalized spacial score (nSPS) is 11.3. The highest BCUT2D eigenvalue weighted by Crippen LogP contribution is 2.23. The van der Waals surface area contributed by atoms with E-state index in [2.05, 4.69) is 24.1 Å². The van der Waals surface area contributed by atoms with Crippen LogP contribution in [0.4, 0.5) is 4.39 Å². The van der Waals surface area contributed by atoms with Gasteiger partial charge >= 0.3 is 0 Å². The maximum absolute atomic E-state index is 12.7. The SMILES string of the molecule is CCC(CC)(CN)CNC(=O)c1ccc(F)cn1. The van der Waals surface area contributed by atoms with Gasteiger partial charge in [-0.05, 0) is 36.9 Å². The number of halogens is 1. The van der Waals surface area contributed by atoms with Crippen molar-refractivity contribution in [3.63, 3.8) is 0 Å². The molecule has 0 fully saturated rings. The molecule has 1 heterocycles. The van der Waals surface area contributed by atoms with E-state index in [1.807, 2.05) is 0 Å². The summed E-state index contributed by atoms with van der Waals surface area (Å²) in [5, 5.41) is 2.81. The number of nitrogens with two attached hydrogens (primary N) is 1. The molecule has 18 heavy (non-hydrogen) atoms. The summed E-state index contributed by atoms with van der Waals surface area (Å²) in [4.78, 5) is 15.6. The van der Waals surface area contributed by atoms with Crippen molar-refractivity contribution in [2.45, 2.75) is 26.7 Å². The smallest absolute Gasteiger partial charge is 0.269 e. The van der Waals surface area contributed by atoms with Crippen molar-refractivity contribution in [3.8, 4) is 0 Å². The Morgan fingerprint density at radius 2 is 2.11 bits per heavy atom. The lowest BCUT2D eigenvalue weighted by molar-refractivity contribution is 0.0923. The van der Waals surface area contributed by atoms with Gasteiger partial charge in [0.25, 0.3) is 5.91 Å². The van der Waals surface area contributed by atoms with Crippen LogP contribution in [0.25, 0.3) is 0 Å². The fourth-order valence-electron chi connectivity index (χ4n) is 1.73. The van der Waals surface area contributed by atoms with Gasteiger partial charge < -0.3 is 11.1 Å². The van der Waals surface area contributed by atoms with E-state index in [1.54, 1.807) is 0 Å². The zero-order valence-electron chi connectivity index (χ0n) is 10.9. The minimum absolute atomic E-state index is 0.0737. The molecule has 100 valence electrons. The van der Waals surface area contributed by atoms with Crippen LogP contribution < -0.4 is 11.1 Å². The number of hydrogen-bond donors (Lipinski definition) is 2. The average molecular weight is 253 g/mol. The summed E-state index contributed by atoms with van der Waals surface area (Å²) in [6.45, 7) is 5.14. The Bertz CT molecular complexity index is 379. The Morgan fingerprint density at radius 3 is 2.56 bits per heavy atom. The van der Waals surface area contributed by atoms with Crippen LogP contribution in [-0.2, 0) is 0 Å². The maximum atomic E-state index is 12.7. The van der Waals surface area contributed by atoms with E-state index >= 15 is 0 Å².